The van der Waals surface area contributed by atoms with Crippen molar-refractivity contribution in [2.75, 3.05) is 19.0 Å². The third-order valence-electron chi connectivity index (χ3n) is 3.98. The first kappa shape index (κ1) is 15.9. The number of anilines is 1. The van der Waals surface area contributed by atoms with Gasteiger partial charge < -0.3 is 4.90 Å². The van der Waals surface area contributed by atoms with Crippen LogP contribution in [0, 0.1) is 0 Å². The first-order valence-electron chi connectivity index (χ1n) is 8.15. The van der Waals surface area contributed by atoms with E-state index in [1.165, 1.54) is 4.80 Å². The van der Waals surface area contributed by atoms with Crippen molar-refractivity contribution in [2.24, 2.45) is 0 Å². The lowest BCUT2D eigenvalue weighted by Crippen LogP contribution is -2.07. The monoisotopic (exact) mass is 343 g/mol. The molecule has 0 saturated heterocycles. The molecule has 0 bridgehead atoms. The van der Waals surface area contributed by atoms with Crippen LogP contribution in [0.2, 0.25) is 0 Å². The average molecular weight is 343 g/mol. The molecule has 4 aromatic rings. The van der Waals surface area contributed by atoms with Crippen LogP contribution in [0.4, 0.5) is 5.69 Å². The number of nitrogens with zero attached hydrogens (tertiary/aromatic N) is 7. The fourth-order valence-electron chi connectivity index (χ4n) is 2.57. The van der Waals surface area contributed by atoms with Crippen LogP contribution >= 0.6 is 0 Å². The average Bonchev–Trinajstić information content (AvgIpc) is 3.19. The molecular formula is C19H17N7. The van der Waals surface area contributed by atoms with Crippen molar-refractivity contribution in [1.29, 1.82) is 0 Å². The smallest absolute Gasteiger partial charge is 0.223 e. The Labute approximate surface area is 151 Å². The minimum absolute atomic E-state index is 0.478. The van der Waals surface area contributed by atoms with E-state index in [-0.39, 0.29) is 0 Å². The summed E-state index contributed by atoms with van der Waals surface area (Å²) >= 11 is 0. The van der Waals surface area contributed by atoms with Crippen LogP contribution in [0.5, 0.6) is 0 Å². The molecule has 26 heavy (non-hydrogen) atoms. The van der Waals surface area contributed by atoms with E-state index in [4.69, 9.17) is 0 Å². The molecular weight excluding hydrogens is 326 g/mol. The van der Waals surface area contributed by atoms with Gasteiger partial charge in [-0.15, -0.1) is 15.0 Å². The second kappa shape index (κ2) is 6.72. The maximum atomic E-state index is 4.41. The van der Waals surface area contributed by atoms with Crippen molar-refractivity contribution in [2.45, 2.75) is 0 Å². The predicted molar refractivity (Wildman–Crippen MR) is 99.9 cm³/mol. The number of aromatic nitrogens is 6. The molecule has 4 rings (SSSR count). The molecule has 0 aliphatic heterocycles. The van der Waals surface area contributed by atoms with Crippen molar-refractivity contribution in [3.8, 4) is 28.3 Å². The summed E-state index contributed by atoms with van der Waals surface area (Å²) < 4.78 is 0. The van der Waals surface area contributed by atoms with Gasteiger partial charge in [-0.25, -0.2) is 0 Å². The number of pyridine rings is 2. The van der Waals surface area contributed by atoms with Crippen LogP contribution in [-0.4, -0.2) is 44.3 Å². The molecule has 3 heterocycles. The van der Waals surface area contributed by atoms with Gasteiger partial charge in [0.1, 0.15) is 11.4 Å². The molecule has 7 heteroatoms. The van der Waals surface area contributed by atoms with E-state index >= 15 is 0 Å². The number of benzene rings is 1. The van der Waals surface area contributed by atoms with Crippen molar-refractivity contribution in [3.05, 3.63) is 67.1 Å². The summed E-state index contributed by atoms with van der Waals surface area (Å²) in [7, 11) is 4.04. The summed E-state index contributed by atoms with van der Waals surface area (Å²) in [4.78, 5) is 12.1. The van der Waals surface area contributed by atoms with Gasteiger partial charge in [0.15, 0.2) is 0 Å². The van der Waals surface area contributed by atoms with Crippen LogP contribution in [0.25, 0.3) is 28.3 Å². The van der Waals surface area contributed by atoms with E-state index in [1.54, 1.807) is 12.4 Å². The molecule has 0 N–H and O–H groups in total. The summed E-state index contributed by atoms with van der Waals surface area (Å²) in [5, 5.41) is 12.6. The van der Waals surface area contributed by atoms with E-state index in [1.807, 2.05) is 44.6 Å². The van der Waals surface area contributed by atoms with E-state index < -0.39 is 0 Å². The molecule has 0 atom stereocenters. The van der Waals surface area contributed by atoms with Crippen LogP contribution < -0.4 is 4.90 Å². The molecule has 0 aliphatic rings. The topological polar surface area (TPSA) is 72.6 Å². The van der Waals surface area contributed by atoms with Crippen LogP contribution in [-0.2, 0) is 0 Å². The summed E-state index contributed by atoms with van der Waals surface area (Å²) in [6.45, 7) is 0. The van der Waals surface area contributed by atoms with E-state index in [2.05, 4.69) is 54.5 Å². The van der Waals surface area contributed by atoms with Crippen LogP contribution in [0.3, 0.4) is 0 Å². The van der Waals surface area contributed by atoms with Gasteiger partial charge in [-0.05, 0) is 41.1 Å². The molecule has 0 fully saturated rings. The Kier molecular flexibility index (Phi) is 4.10. The Morgan fingerprint density at radius 1 is 0.923 bits per heavy atom. The zero-order chi connectivity index (χ0) is 17.9. The van der Waals surface area contributed by atoms with E-state index in [0.29, 0.717) is 11.5 Å². The number of hydrogen-bond acceptors (Lipinski definition) is 6. The third-order valence-corrected chi connectivity index (χ3v) is 3.98. The maximum absolute atomic E-state index is 4.41. The highest BCUT2D eigenvalue weighted by atomic mass is 15.6. The van der Waals surface area contributed by atoms with Gasteiger partial charge in [-0.2, -0.15) is 0 Å². The van der Waals surface area contributed by atoms with Crippen molar-refractivity contribution >= 4 is 5.69 Å². The van der Waals surface area contributed by atoms with Gasteiger partial charge in [-0.3, -0.25) is 9.97 Å². The molecule has 0 saturated carbocycles. The Morgan fingerprint density at radius 2 is 1.77 bits per heavy atom. The minimum Gasteiger partial charge on any atom is -0.378 e. The fourth-order valence-corrected chi connectivity index (χ4v) is 2.57. The minimum atomic E-state index is 0.478. The summed E-state index contributed by atoms with van der Waals surface area (Å²) in [6.07, 6.45) is 5.24. The summed E-state index contributed by atoms with van der Waals surface area (Å²) in [6, 6.07) is 15.9. The number of hydrogen-bond donors (Lipinski definition) is 0. The first-order chi connectivity index (χ1) is 12.7. The maximum Gasteiger partial charge on any atom is 0.223 e. The fraction of sp³-hybridized carbons (Fsp3) is 0.105. The van der Waals surface area contributed by atoms with Crippen molar-refractivity contribution in [3.63, 3.8) is 0 Å². The molecule has 7 nitrogen and oxygen atoms in total. The van der Waals surface area contributed by atoms with E-state index in [9.17, 15) is 0 Å². The number of tetrazole rings is 1. The van der Waals surface area contributed by atoms with Gasteiger partial charge in [0.2, 0.25) is 5.82 Å². The Balaban J connectivity index is 1.65. The zero-order valence-electron chi connectivity index (χ0n) is 14.5. The van der Waals surface area contributed by atoms with Crippen molar-refractivity contribution < 1.29 is 0 Å². The molecule has 128 valence electrons. The summed E-state index contributed by atoms with van der Waals surface area (Å²) in [5.41, 5.74) is 4.64. The zero-order valence-corrected chi connectivity index (χ0v) is 14.5. The predicted octanol–water partition coefficient (Wildman–Crippen LogP) is 2.85. The van der Waals surface area contributed by atoms with Gasteiger partial charge >= 0.3 is 0 Å². The molecule has 0 aliphatic carbocycles. The van der Waals surface area contributed by atoms with Gasteiger partial charge in [0, 0.05) is 37.7 Å². The highest BCUT2D eigenvalue weighted by Gasteiger charge is 2.09. The second-order valence-electron chi connectivity index (χ2n) is 5.99. The Morgan fingerprint density at radius 3 is 2.50 bits per heavy atom. The molecule has 0 unspecified atom stereocenters. The van der Waals surface area contributed by atoms with E-state index in [0.717, 1.165) is 22.5 Å². The first-order valence-corrected chi connectivity index (χ1v) is 8.15. The van der Waals surface area contributed by atoms with Gasteiger partial charge in [-0.1, -0.05) is 18.2 Å². The highest BCUT2D eigenvalue weighted by molar-refractivity contribution is 5.67. The molecule has 0 radical (unpaired) electrons. The Hall–Kier alpha value is -3.61. The lowest BCUT2D eigenvalue weighted by molar-refractivity contribution is 0.717. The third kappa shape index (κ3) is 3.14. The molecule has 3 aromatic heterocycles. The second-order valence-corrected chi connectivity index (χ2v) is 5.99. The quantitative estimate of drug-likeness (QED) is 0.567. The van der Waals surface area contributed by atoms with Crippen LogP contribution in [0.15, 0.2) is 67.1 Å². The standard InChI is InChI=1S/C19H17N7/c1-25(2)16-8-6-14(7-9-16)15-11-17(13-20-12-15)26-23-19(22-24-26)18-5-3-4-10-21-18/h3-13H,1-2H3. The van der Waals surface area contributed by atoms with Gasteiger partial charge in [0.25, 0.3) is 0 Å². The van der Waals surface area contributed by atoms with Crippen LogP contribution in [0.1, 0.15) is 0 Å². The normalized spacial score (nSPS) is 10.7. The molecule has 0 amide bonds. The molecule has 0 spiro atoms. The summed E-state index contributed by atoms with van der Waals surface area (Å²) in [5.74, 6) is 0.478. The largest absolute Gasteiger partial charge is 0.378 e. The molecule has 1 aromatic carbocycles. The highest BCUT2D eigenvalue weighted by Crippen LogP contribution is 2.23. The van der Waals surface area contributed by atoms with Crippen molar-refractivity contribution in [1.82, 2.24) is 30.2 Å². The van der Waals surface area contributed by atoms with Gasteiger partial charge in [0.05, 0.1) is 6.20 Å². The SMILES string of the molecule is CN(C)c1ccc(-c2cncc(-n3nnc(-c4ccccn4)n3)c2)cc1. The lowest BCUT2D eigenvalue weighted by atomic mass is 10.1. The lowest BCUT2D eigenvalue weighted by Gasteiger charge is -2.12. The number of rotatable bonds is 4. The Bertz CT molecular complexity index is 1010.